The highest BCUT2D eigenvalue weighted by molar-refractivity contribution is 7.99. The quantitative estimate of drug-likeness (QED) is 0.855. The maximum Gasteiger partial charge on any atom is 0.307 e. The van der Waals surface area contributed by atoms with Crippen molar-refractivity contribution in [2.75, 3.05) is 5.75 Å². The van der Waals surface area contributed by atoms with Gasteiger partial charge in [-0.3, -0.25) is 4.79 Å². The summed E-state index contributed by atoms with van der Waals surface area (Å²) in [6.45, 7) is 0. The van der Waals surface area contributed by atoms with Crippen molar-refractivity contribution in [2.45, 2.75) is 24.2 Å². The van der Waals surface area contributed by atoms with Crippen LogP contribution in [0.25, 0.3) is 0 Å². The van der Waals surface area contributed by atoms with E-state index in [0.29, 0.717) is 11.8 Å². The highest BCUT2D eigenvalue weighted by Crippen LogP contribution is 2.55. The number of rotatable bonds is 4. The van der Waals surface area contributed by atoms with Gasteiger partial charge in [-0.15, -0.1) is 11.8 Å². The molecule has 0 spiro atoms. The average Bonchev–Trinajstić information content (AvgIpc) is 3.16. The highest BCUT2D eigenvalue weighted by atomic mass is 32.2. The van der Waals surface area contributed by atoms with Crippen molar-refractivity contribution in [1.82, 2.24) is 0 Å². The molecular weight excluding hydrogens is 263 g/mol. The van der Waals surface area contributed by atoms with Crippen LogP contribution in [-0.4, -0.2) is 16.8 Å². The largest absolute Gasteiger partial charge is 0.481 e. The van der Waals surface area contributed by atoms with Crippen LogP contribution in [0.15, 0.2) is 29.2 Å². The lowest BCUT2D eigenvalue weighted by Gasteiger charge is -2.27. The van der Waals surface area contributed by atoms with Crippen LogP contribution < -0.4 is 0 Å². The van der Waals surface area contributed by atoms with Crippen LogP contribution in [0.3, 0.4) is 0 Å². The van der Waals surface area contributed by atoms with Crippen LogP contribution in [0.5, 0.6) is 0 Å². The summed E-state index contributed by atoms with van der Waals surface area (Å²) in [7, 11) is 0. The Morgan fingerprint density at radius 2 is 2.05 bits per heavy atom. The molecule has 0 bridgehead atoms. The van der Waals surface area contributed by atoms with Crippen molar-refractivity contribution in [2.24, 2.45) is 23.7 Å². The van der Waals surface area contributed by atoms with Gasteiger partial charge in [-0.1, -0.05) is 0 Å². The maximum absolute atomic E-state index is 12.8. The van der Waals surface area contributed by atoms with Crippen LogP contribution in [-0.2, 0) is 4.79 Å². The Bertz CT molecular complexity index is 474. The normalized spacial score (nSPS) is 32.7. The Morgan fingerprint density at radius 3 is 2.74 bits per heavy atom. The molecule has 2 aliphatic carbocycles. The van der Waals surface area contributed by atoms with E-state index >= 15 is 0 Å². The number of carboxylic acid groups (broad SMARTS) is 1. The number of hydrogen-bond donors (Lipinski definition) is 1. The van der Waals surface area contributed by atoms with Crippen molar-refractivity contribution in [1.29, 1.82) is 0 Å². The lowest BCUT2D eigenvalue weighted by Crippen LogP contribution is -2.30. The molecule has 3 rings (SSSR count). The Morgan fingerprint density at radius 1 is 1.32 bits per heavy atom. The van der Waals surface area contributed by atoms with Gasteiger partial charge in [0.1, 0.15) is 5.82 Å². The van der Waals surface area contributed by atoms with Gasteiger partial charge < -0.3 is 5.11 Å². The molecule has 2 nitrogen and oxygen atoms in total. The van der Waals surface area contributed by atoms with E-state index in [0.717, 1.165) is 23.5 Å². The summed E-state index contributed by atoms with van der Waals surface area (Å²) in [4.78, 5) is 12.4. The third-order valence-electron chi connectivity index (χ3n) is 4.42. The van der Waals surface area contributed by atoms with E-state index in [9.17, 15) is 14.3 Å². The fraction of sp³-hybridized carbons (Fsp3) is 0.533. The monoisotopic (exact) mass is 280 g/mol. The van der Waals surface area contributed by atoms with Crippen LogP contribution in [0.4, 0.5) is 4.39 Å². The van der Waals surface area contributed by atoms with E-state index < -0.39 is 5.97 Å². The lowest BCUT2D eigenvalue weighted by molar-refractivity contribution is -0.145. The molecule has 2 aliphatic rings. The fourth-order valence-electron chi connectivity index (χ4n) is 3.31. The highest BCUT2D eigenvalue weighted by Gasteiger charge is 2.52. The zero-order valence-corrected chi connectivity index (χ0v) is 11.4. The molecule has 1 N–H and O–H groups in total. The predicted molar refractivity (Wildman–Crippen MR) is 72.6 cm³/mol. The van der Waals surface area contributed by atoms with E-state index in [-0.39, 0.29) is 17.7 Å². The molecule has 2 fully saturated rings. The first-order valence-electron chi connectivity index (χ1n) is 6.76. The van der Waals surface area contributed by atoms with Gasteiger partial charge in [0.2, 0.25) is 0 Å². The lowest BCUT2D eigenvalue weighted by atomic mass is 9.80. The third kappa shape index (κ3) is 2.78. The first-order valence-corrected chi connectivity index (χ1v) is 7.75. The molecule has 0 saturated heterocycles. The molecule has 0 aliphatic heterocycles. The van der Waals surface area contributed by atoms with Gasteiger partial charge in [0.05, 0.1) is 5.92 Å². The molecule has 0 aromatic heterocycles. The smallest absolute Gasteiger partial charge is 0.307 e. The van der Waals surface area contributed by atoms with Gasteiger partial charge in [0, 0.05) is 10.6 Å². The number of fused-ring (bicyclic) bond motifs is 1. The van der Waals surface area contributed by atoms with Gasteiger partial charge in [0.15, 0.2) is 0 Å². The van der Waals surface area contributed by atoms with E-state index in [1.807, 2.05) is 0 Å². The average molecular weight is 280 g/mol. The zero-order valence-electron chi connectivity index (χ0n) is 10.6. The van der Waals surface area contributed by atoms with Crippen molar-refractivity contribution < 1.29 is 14.3 Å². The molecule has 2 saturated carbocycles. The molecule has 1 aromatic carbocycles. The Hall–Kier alpha value is -1.03. The predicted octanol–water partition coefficient (Wildman–Crippen LogP) is 3.66. The summed E-state index contributed by atoms with van der Waals surface area (Å²) in [5, 5.41) is 9.38. The second-order valence-corrected chi connectivity index (χ2v) is 6.72. The van der Waals surface area contributed by atoms with Crippen molar-refractivity contribution in [3.05, 3.63) is 30.1 Å². The number of carboxylic acids is 1. The van der Waals surface area contributed by atoms with Gasteiger partial charge >= 0.3 is 5.97 Å². The fourth-order valence-corrected chi connectivity index (χ4v) is 4.41. The van der Waals surface area contributed by atoms with Crippen LogP contribution in [0.2, 0.25) is 0 Å². The van der Waals surface area contributed by atoms with Crippen molar-refractivity contribution in [3.63, 3.8) is 0 Å². The molecule has 19 heavy (non-hydrogen) atoms. The summed E-state index contributed by atoms with van der Waals surface area (Å²) in [5.41, 5.74) is 0. The van der Waals surface area contributed by atoms with Gasteiger partial charge in [-0.25, -0.2) is 4.39 Å². The number of carbonyl (C=O) groups is 1. The summed E-state index contributed by atoms with van der Waals surface area (Å²) < 4.78 is 12.8. The molecule has 4 heteroatoms. The van der Waals surface area contributed by atoms with Crippen LogP contribution in [0.1, 0.15) is 19.3 Å². The standard InChI is InChI=1S/C15H17FO2S/c16-11-3-5-12(6-4-11)19-8-10-2-1-9-7-13(9)14(10)15(17)18/h3-6,9-10,13-14H,1-2,7-8H2,(H,17,18)/t9-,10?,13?,14+/m0/s1. The number of hydrogen-bond acceptors (Lipinski definition) is 2. The Balaban J connectivity index is 1.62. The Labute approximate surface area is 116 Å². The molecule has 1 aromatic rings. The summed E-state index contributed by atoms with van der Waals surface area (Å²) in [6, 6.07) is 6.43. The summed E-state index contributed by atoms with van der Waals surface area (Å²) in [6.07, 6.45) is 3.31. The van der Waals surface area contributed by atoms with E-state index in [4.69, 9.17) is 0 Å². The molecule has 4 atom stereocenters. The molecule has 2 unspecified atom stereocenters. The van der Waals surface area contributed by atoms with Gasteiger partial charge in [-0.05, 0) is 61.3 Å². The van der Waals surface area contributed by atoms with Crippen molar-refractivity contribution in [3.8, 4) is 0 Å². The SMILES string of the molecule is O=C(O)[C@@H]1C(CSc2ccc(F)cc2)CC[C@H]2CC21. The number of thioether (sulfide) groups is 1. The first-order chi connectivity index (χ1) is 9.15. The molecule has 0 amide bonds. The first kappa shape index (κ1) is 13.0. The minimum atomic E-state index is -0.628. The Kier molecular flexibility index (Phi) is 3.52. The minimum Gasteiger partial charge on any atom is -0.481 e. The topological polar surface area (TPSA) is 37.3 Å². The van der Waals surface area contributed by atoms with Gasteiger partial charge in [0.25, 0.3) is 0 Å². The van der Waals surface area contributed by atoms with Crippen LogP contribution >= 0.6 is 11.8 Å². The molecule has 102 valence electrons. The molecular formula is C15H17FO2S. The minimum absolute atomic E-state index is 0.160. The third-order valence-corrected chi connectivity index (χ3v) is 5.62. The summed E-state index contributed by atoms with van der Waals surface area (Å²) >= 11 is 1.65. The second-order valence-electron chi connectivity index (χ2n) is 5.63. The molecule has 0 radical (unpaired) electrons. The van der Waals surface area contributed by atoms with Gasteiger partial charge in [-0.2, -0.15) is 0 Å². The van der Waals surface area contributed by atoms with E-state index in [1.165, 1.54) is 18.6 Å². The summed E-state index contributed by atoms with van der Waals surface area (Å²) in [5.74, 6) is 1.16. The van der Waals surface area contributed by atoms with Crippen LogP contribution in [0, 0.1) is 29.5 Å². The van der Waals surface area contributed by atoms with E-state index in [1.54, 1.807) is 23.9 Å². The maximum atomic E-state index is 12.8. The number of aliphatic carboxylic acids is 1. The van der Waals surface area contributed by atoms with Crippen molar-refractivity contribution >= 4 is 17.7 Å². The van der Waals surface area contributed by atoms with E-state index in [2.05, 4.69) is 0 Å². The second kappa shape index (κ2) is 5.16. The molecule has 0 heterocycles. The number of benzene rings is 1. The number of halogens is 1. The zero-order chi connectivity index (χ0) is 13.4.